The van der Waals surface area contributed by atoms with Gasteiger partial charge in [-0.2, -0.15) is 0 Å². The molecule has 0 radical (unpaired) electrons. The highest BCUT2D eigenvalue weighted by molar-refractivity contribution is 5.28. The Morgan fingerprint density at radius 3 is 2.84 bits per heavy atom. The molecule has 4 heteroatoms. The molecule has 1 aliphatic rings. The third kappa shape index (κ3) is 5.19. The summed E-state index contributed by atoms with van der Waals surface area (Å²) in [7, 11) is 2.16. The van der Waals surface area contributed by atoms with Crippen molar-refractivity contribution < 1.29 is 9.47 Å². The first kappa shape index (κ1) is 14.3. The molecule has 0 heterocycles. The number of nitrogens with zero attached hydrogens (tertiary/aromatic N) is 1. The fourth-order valence-electron chi connectivity index (χ4n) is 1.99. The fourth-order valence-corrected chi connectivity index (χ4v) is 1.99. The quantitative estimate of drug-likeness (QED) is 0.689. The molecule has 4 nitrogen and oxygen atoms in total. The molecule has 1 aliphatic carbocycles. The Morgan fingerprint density at radius 2 is 2.11 bits per heavy atom. The first-order valence-electron chi connectivity index (χ1n) is 6.99. The van der Waals surface area contributed by atoms with Crippen LogP contribution >= 0.6 is 0 Å². The standard InChI is InChI=1S/C15H24N2O2/c1-17(14-5-6-14)7-8-18-9-10-19-15-4-2-3-13(11-15)12-16/h2-4,11,14H,5-10,12,16H2,1H3. The van der Waals surface area contributed by atoms with Crippen molar-refractivity contribution in [2.24, 2.45) is 5.73 Å². The van der Waals surface area contributed by atoms with E-state index in [2.05, 4.69) is 11.9 Å². The Morgan fingerprint density at radius 1 is 1.26 bits per heavy atom. The van der Waals surface area contributed by atoms with E-state index in [0.717, 1.165) is 30.5 Å². The van der Waals surface area contributed by atoms with Crippen LogP contribution in [0.4, 0.5) is 0 Å². The van der Waals surface area contributed by atoms with Crippen molar-refractivity contribution in [1.29, 1.82) is 0 Å². The summed E-state index contributed by atoms with van der Waals surface area (Å²) in [6.45, 7) is 3.54. The lowest BCUT2D eigenvalue weighted by molar-refractivity contribution is 0.0835. The van der Waals surface area contributed by atoms with Gasteiger partial charge in [0.15, 0.2) is 0 Å². The minimum atomic E-state index is 0.543. The van der Waals surface area contributed by atoms with Gasteiger partial charge < -0.3 is 20.1 Å². The summed E-state index contributed by atoms with van der Waals surface area (Å²) in [4.78, 5) is 2.37. The number of hydrogen-bond donors (Lipinski definition) is 1. The average Bonchev–Trinajstić information content (AvgIpc) is 3.27. The molecule has 106 valence electrons. The largest absolute Gasteiger partial charge is 0.491 e. The molecular weight excluding hydrogens is 240 g/mol. The van der Waals surface area contributed by atoms with E-state index in [1.165, 1.54) is 12.8 Å². The number of rotatable bonds is 9. The second-order valence-corrected chi connectivity index (χ2v) is 5.02. The monoisotopic (exact) mass is 264 g/mol. The summed E-state index contributed by atoms with van der Waals surface area (Å²) in [6.07, 6.45) is 2.69. The van der Waals surface area contributed by atoms with Crippen molar-refractivity contribution in [2.75, 3.05) is 33.4 Å². The van der Waals surface area contributed by atoms with Crippen molar-refractivity contribution in [2.45, 2.75) is 25.4 Å². The molecule has 0 saturated heterocycles. The molecule has 0 unspecified atom stereocenters. The van der Waals surface area contributed by atoms with Crippen LogP contribution in [0.3, 0.4) is 0 Å². The topological polar surface area (TPSA) is 47.7 Å². The normalized spacial score (nSPS) is 14.9. The number of benzene rings is 1. The van der Waals surface area contributed by atoms with Gasteiger partial charge in [-0.1, -0.05) is 12.1 Å². The van der Waals surface area contributed by atoms with Crippen LogP contribution in [0.1, 0.15) is 18.4 Å². The smallest absolute Gasteiger partial charge is 0.119 e. The molecule has 0 atom stereocenters. The summed E-state index contributed by atoms with van der Waals surface area (Å²) in [5.74, 6) is 0.863. The SMILES string of the molecule is CN(CCOCCOc1cccc(CN)c1)C1CC1. The van der Waals surface area contributed by atoms with Crippen molar-refractivity contribution in [3.8, 4) is 5.75 Å². The molecule has 0 amide bonds. The minimum Gasteiger partial charge on any atom is -0.491 e. The van der Waals surface area contributed by atoms with Crippen molar-refractivity contribution in [1.82, 2.24) is 4.90 Å². The van der Waals surface area contributed by atoms with Gasteiger partial charge in [-0.25, -0.2) is 0 Å². The van der Waals surface area contributed by atoms with Crippen molar-refractivity contribution in [3.05, 3.63) is 29.8 Å². The van der Waals surface area contributed by atoms with Gasteiger partial charge in [0.1, 0.15) is 12.4 Å². The van der Waals surface area contributed by atoms with E-state index >= 15 is 0 Å². The second-order valence-electron chi connectivity index (χ2n) is 5.02. The molecule has 0 spiro atoms. The summed E-state index contributed by atoms with van der Waals surface area (Å²) in [6, 6.07) is 8.68. The van der Waals surface area contributed by atoms with Crippen LogP contribution in [0, 0.1) is 0 Å². The zero-order chi connectivity index (χ0) is 13.5. The third-order valence-electron chi connectivity index (χ3n) is 3.39. The van der Waals surface area contributed by atoms with E-state index in [9.17, 15) is 0 Å². The molecule has 1 saturated carbocycles. The Bertz CT molecular complexity index is 380. The van der Waals surface area contributed by atoms with Crippen LogP contribution in [0.25, 0.3) is 0 Å². The Balaban J connectivity index is 1.53. The molecule has 19 heavy (non-hydrogen) atoms. The van der Waals surface area contributed by atoms with Gasteiger partial charge in [-0.3, -0.25) is 0 Å². The summed E-state index contributed by atoms with van der Waals surface area (Å²) in [5.41, 5.74) is 6.67. The Labute approximate surface area is 115 Å². The molecule has 0 aliphatic heterocycles. The molecule has 1 aromatic rings. The maximum atomic E-state index is 5.62. The average molecular weight is 264 g/mol. The summed E-state index contributed by atoms with van der Waals surface area (Å²) >= 11 is 0. The third-order valence-corrected chi connectivity index (χ3v) is 3.39. The Hall–Kier alpha value is -1.10. The molecule has 1 fully saturated rings. The van der Waals surface area contributed by atoms with E-state index in [-0.39, 0.29) is 0 Å². The number of ether oxygens (including phenoxy) is 2. The van der Waals surface area contributed by atoms with Gasteiger partial charge in [-0.05, 0) is 37.6 Å². The van der Waals surface area contributed by atoms with Gasteiger partial charge in [0.05, 0.1) is 13.2 Å². The lowest BCUT2D eigenvalue weighted by Crippen LogP contribution is -2.25. The van der Waals surface area contributed by atoms with Crippen LogP contribution in [-0.4, -0.2) is 44.4 Å². The Kier molecular flexibility index (Phi) is 5.63. The lowest BCUT2D eigenvalue weighted by atomic mass is 10.2. The van der Waals surface area contributed by atoms with Gasteiger partial charge in [0.2, 0.25) is 0 Å². The zero-order valence-corrected chi connectivity index (χ0v) is 11.7. The second kappa shape index (κ2) is 7.48. The fraction of sp³-hybridized carbons (Fsp3) is 0.600. The van der Waals surface area contributed by atoms with Crippen molar-refractivity contribution in [3.63, 3.8) is 0 Å². The van der Waals surface area contributed by atoms with Gasteiger partial charge in [0.25, 0.3) is 0 Å². The minimum absolute atomic E-state index is 0.543. The van der Waals surface area contributed by atoms with E-state index in [1.807, 2.05) is 24.3 Å². The van der Waals surface area contributed by atoms with Gasteiger partial charge in [0, 0.05) is 19.1 Å². The van der Waals surface area contributed by atoms with E-state index in [1.54, 1.807) is 0 Å². The molecule has 2 rings (SSSR count). The van der Waals surface area contributed by atoms with Crippen LogP contribution < -0.4 is 10.5 Å². The first-order chi connectivity index (χ1) is 9.29. The van der Waals surface area contributed by atoms with Crippen LogP contribution in [0.2, 0.25) is 0 Å². The predicted molar refractivity (Wildman–Crippen MR) is 76.3 cm³/mol. The van der Waals surface area contributed by atoms with E-state index < -0.39 is 0 Å². The highest BCUT2D eigenvalue weighted by Gasteiger charge is 2.25. The number of hydrogen-bond acceptors (Lipinski definition) is 4. The van der Waals surface area contributed by atoms with Gasteiger partial charge >= 0.3 is 0 Å². The molecule has 1 aromatic carbocycles. The van der Waals surface area contributed by atoms with E-state index in [4.69, 9.17) is 15.2 Å². The molecule has 2 N–H and O–H groups in total. The maximum absolute atomic E-state index is 5.62. The highest BCUT2D eigenvalue weighted by Crippen LogP contribution is 2.24. The molecular formula is C15H24N2O2. The molecule has 0 aromatic heterocycles. The highest BCUT2D eigenvalue weighted by atomic mass is 16.5. The predicted octanol–water partition coefficient (Wildman–Crippen LogP) is 1.63. The number of likely N-dealkylation sites (N-methyl/N-ethyl adjacent to an activating group) is 1. The van der Waals surface area contributed by atoms with Crippen LogP contribution in [-0.2, 0) is 11.3 Å². The van der Waals surface area contributed by atoms with Gasteiger partial charge in [-0.15, -0.1) is 0 Å². The van der Waals surface area contributed by atoms with Crippen LogP contribution in [0.5, 0.6) is 5.75 Å². The zero-order valence-electron chi connectivity index (χ0n) is 11.7. The van der Waals surface area contributed by atoms with Crippen molar-refractivity contribution >= 4 is 0 Å². The summed E-state index contributed by atoms with van der Waals surface area (Å²) < 4.78 is 11.2. The molecule has 0 bridgehead atoms. The lowest BCUT2D eigenvalue weighted by Gasteiger charge is -2.15. The number of nitrogens with two attached hydrogens (primary N) is 1. The first-order valence-corrected chi connectivity index (χ1v) is 6.99. The van der Waals surface area contributed by atoms with E-state index in [0.29, 0.717) is 19.8 Å². The maximum Gasteiger partial charge on any atom is 0.119 e. The summed E-state index contributed by atoms with van der Waals surface area (Å²) in [5, 5.41) is 0. The van der Waals surface area contributed by atoms with Crippen LogP contribution in [0.15, 0.2) is 24.3 Å².